The molecule has 2 aromatic heterocycles. The van der Waals surface area contributed by atoms with Gasteiger partial charge in [0.25, 0.3) is 5.91 Å². The van der Waals surface area contributed by atoms with E-state index < -0.39 is 0 Å². The van der Waals surface area contributed by atoms with Crippen molar-refractivity contribution in [1.29, 1.82) is 0 Å². The number of hydrogen-bond acceptors (Lipinski definition) is 5. The number of benzene rings is 1. The van der Waals surface area contributed by atoms with Crippen molar-refractivity contribution in [3.05, 3.63) is 54.4 Å². The number of fused-ring (bicyclic) bond motifs is 1. The third-order valence-corrected chi connectivity index (χ3v) is 6.59. The number of carbonyl (C=O) groups excluding carboxylic acids is 1. The molecule has 0 aliphatic carbocycles. The number of nitrogens with zero attached hydrogens (tertiary/aromatic N) is 4. The van der Waals surface area contributed by atoms with Crippen LogP contribution < -0.4 is 16.4 Å². The van der Waals surface area contributed by atoms with Gasteiger partial charge in [0, 0.05) is 56.2 Å². The largest absolute Gasteiger partial charge is 0.370 e. The Morgan fingerprint density at radius 1 is 0.903 bits per heavy atom. The van der Waals surface area contributed by atoms with E-state index in [0.717, 1.165) is 66.9 Å². The van der Waals surface area contributed by atoms with Crippen LogP contribution >= 0.6 is 0 Å². The number of para-hydroxylation sites is 1. The summed E-state index contributed by atoms with van der Waals surface area (Å²) in [7, 11) is 0. The van der Waals surface area contributed by atoms with Gasteiger partial charge in [0.05, 0.1) is 16.9 Å². The van der Waals surface area contributed by atoms with Gasteiger partial charge in [-0.15, -0.1) is 0 Å². The lowest BCUT2D eigenvalue weighted by atomic mass is 9.97. The molecular weight excluding hydrogens is 388 g/mol. The van der Waals surface area contributed by atoms with E-state index in [0.29, 0.717) is 13.1 Å². The van der Waals surface area contributed by atoms with Crippen LogP contribution in [0.1, 0.15) is 36.0 Å². The Balaban J connectivity index is 1.59. The number of pyridine rings is 1. The maximum atomic E-state index is 13.6. The maximum absolute atomic E-state index is 13.6. The van der Waals surface area contributed by atoms with Crippen molar-refractivity contribution < 1.29 is 4.79 Å². The minimum absolute atomic E-state index is 0.0855. The van der Waals surface area contributed by atoms with Crippen LogP contribution in [0, 0.1) is 0 Å². The standard InChI is InChI=1S/C24H30N6O/c25-17-7-12-28(13-8-17)23-19(21-16-30-11-2-1-6-22(30)27-21)4-3-5-20(23)24(31)29-14-9-18(26)10-15-29/h1-6,11,16-18H,7-10,12-15,25-26H2. The zero-order valence-corrected chi connectivity index (χ0v) is 17.8. The molecule has 1 amide bonds. The molecule has 2 fully saturated rings. The Hall–Kier alpha value is -2.90. The third kappa shape index (κ3) is 3.91. The van der Waals surface area contributed by atoms with Crippen LogP contribution in [0.2, 0.25) is 0 Å². The van der Waals surface area contributed by atoms with Crippen LogP contribution in [0.5, 0.6) is 0 Å². The molecule has 4 N–H and O–H groups in total. The van der Waals surface area contributed by atoms with Crippen LogP contribution in [-0.2, 0) is 0 Å². The zero-order chi connectivity index (χ0) is 21.4. The van der Waals surface area contributed by atoms with E-state index in [1.54, 1.807) is 0 Å². The van der Waals surface area contributed by atoms with Crippen LogP contribution in [0.25, 0.3) is 16.9 Å². The summed E-state index contributed by atoms with van der Waals surface area (Å²) in [4.78, 5) is 22.7. The minimum atomic E-state index is 0.0855. The summed E-state index contributed by atoms with van der Waals surface area (Å²) >= 11 is 0. The second-order valence-electron chi connectivity index (χ2n) is 8.75. The van der Waals surface area contributed by atoms with Crippen LogP contribution in [-0.4, -0.2) is 58.5 Å². The van der Waals surface area contributed by atoms with Crippen molar-refractivity contribution in [3.8, 4) is 11.3 Å². The van der Waals surface area contributed by atoms with E-state index in [-0.39, 0.29) is 18.0 Å². The van der Waals surface area contributed by atoms with Crippen molar-refractivity contribution in [1.82, 2.24) is 14.3 Å². The Morgan fingerprint density at radius 3 is 2.32 bits per heavy atom. The molecule has 0 atom stereocenters. The first kappa shape index (κ1) is 20.0. The molecule has 0 radical (unpaired) electrons. The number of anilines is 1. The van der Waals surface area contributed by atoms with E-state index in [9.17, 15) is 4.79 Å². The van der Waals surface area contributed by atoms with E-state index >= 15 is 0 Å². The molecule has 1 aromatic carbocycles. The quantitative estimate of drug-likeness (QED) is 0.682. The highest BCUT2D eigenvalue weighted by atomic mass is 16.2. The number of imidazole rings is 1. The first-order valence-corrected chi connectivity index (χ1v) is 11.2. The summed E-state index contributed by atoms with van der Waals surface area (Å²) in [6.07, 6.45) is 7.59. The van der Waals surface area contributed by atoms with Gasteiger partial charge in [-0.25, -0.2) is 4.98 Å². The van der Waals surface area contributed by atoms with Crippen molar-refractivity contribution in [3.63, 3.8) is 0 Å². The number of likely N-dealkylation sites (tertiary alicyclic amines) is 1. The summed E-state index contributed by atoms with van der Waals surface area (Å²) in [6.45, 7) is 3.11. The van der Waals surface area contributed by atoms with Gasteiger partial charge in [0.15, 0.2) is 0 Å². The SMILES string of the molecule is NC1CCN(C(=O)c2cccc(-c3cn4ccccc4n3)c2N2CCC(N)CC2)CC1. The van der Waals surface area contributed by atoms with Crippen molar-refractivity contribution >= 4 is 17.2 Å². The molecule has 7 heteroatoms. The van der Waals surface area contributed by atoms with Crippen molar-refractivity contribution in [2.45, 2.75) is 37.8 Å². The van der Waals surface area contributed by atoms with Gasteiger partial charge in [-0.2, -0.15) is 0 Å². The van der Waals surface area contributed by atoms with Crippen LogP contribution in [0.3, 0.4) is 0 Å². The van der Waals surface area contributed by atoms with E-state index in [1.165, 1.54) is 0 Å². The first-order chi connectivity index (χ1) is 15.1. The van der Waals surface area contributed by atoms with Gasteiger partial charge in [0.2, 0.25) is 0 Å². The fourth-order valence-electron chi connectivity index (χ4n) is 4.72. The lowest BCUT2D eigenvalue weighted by Gasteiger charge is -2.36. The Kier molecular flexibility index (Phi) is 5.38. The molecule has 31 heavy (non-hydrogen) atoms. The molecule has 162 valence electrons. The number of amides is 1. The van der Waals surface area contributed by atoms with Gasteiger partial charge in [0.1, 0.15) is 5.65 Å². The van der Waals surface area contributed by atoms with E-state index in [2.05, 4.69) is 11.0 Å². The molecule has 0 spiro atoms. The van der Waals surface area contributed by atoms with E-state index in [4.69, 9.17) is 16.5 Å². The fraction of sp³-hybridized carbons (Fsp3) is 0.417. The van der Waals surface area contributed by atoms with Crippen LogP contribution in [0.4, 0.5) is 5.69 Å². The lowest BCUT2D eigenvalue weighted by Crippen LogP contribution is -2.44. The number of piperidine rings is 2. The Bertz CT molecular complexity index is 1040. The molecule has 5 rings (SSSR count). The predicted octanol–water partition coefficient (Wildman–Crippen LogP) is 2.49. The molecule has 2 aliphatic heterocycles. The fourth-order valence-corrected chi connectivity index (χ4v) is 4.72. The number of carbonyl (C=O) groups is 1. The Morgan fingerprint density at radius 2 is 1.61 bits per heavy atom. The molecule has 3 aromatic rings. The topological polar surface area (TPSA) is 92.9 Å². The highest BCUT2D eigenvalue weighted by Crippen LogP contribution is 2.36. The number of rotatable bonds is 3. The van der Waals surface area contributed by atoms with Gasteiger partial charge >= 0.3 is 0 Å². The first-order valence-electron chi connectivity index (χ1n) is 11.2. The monoisotopic (exact) mass is 418 g/mol. The Labute approximate surface area is 182 Å². The third-order valence-electron chi connectivity index (χ3n) is 6.59. The second kappa shape index (κ2) is 8.32. The molecule has 4 heterocycles. The number of nitrogens with two attached hydrogens (primary N) is 2. The summed E-state index contributed by atoms with van der Waals surface area (Å²) < 4.78 is 2.02. The van der Waals surface area contributed by atoms with Crippen molar-refractivity contribution in [2.24, 2.45) is 11.5 Å². The minimum Gasteiger partial charge on any atom is -0.370 e. The highest BCUT2D eigenvalue weighted by Gasteiger charge is 2.29. The second-order valence-corrected chi connectivity index (χ2v) is 8.75. The molecule has 2 aliphatic rings. The van der Waals surface area contributed by atoms with Crippen molar-refractivity contribution in [2.75, 3.05) is 31.1 Å². The molecule has 2 saturated heterocycles. The molecule has 0 bridgehead atoms. The summed E-state index contributed by atoms with van der Waals surface area (Å²) in [5.74, 6) is 0.0855. The number of hydrogen-bond donors (Lipinski definition) is 2. The average molecular weight is 419 g/mol. The number of aromatic nitrogens is 2. The average Bonchev–Trinajstić information content (AvgIpc) is 3.23. The molecular formula is C24H30N6O. The van der Waals surface area contributed by atoms with E-state index in [1.807, 2.05) is 52.0 Å². The molecule has 0 saturated carbocycles. The highest BCUT2D eigenvalue weighted by molar-refractivity contribution is 6.03. The van der Waals surface area contributed by atoms with Gasteiger partial charge in [-0.1, -0.05) is 18.2 Å². The maximum Gasteiger partial charge on any atom is 0.255 e. The van der Waals surface area contributed by atoms with Gasteiger partial charge < -0.3 is 25.7 Å². The summed E-state index contributed by atoms with van der Waals surface area (Å²) in [6, 6.07) is 12.4. The van der Waals surface area contributed by atoms with Gasteiger partial charge in [-0.3, -0.25) is 4.79 Å². The molecule has 7 nitrogen and oxygen atoms in total. The van der Waals surface area contributed by atoms with Gasteiger partial charge in [-0.05, 0) is 43.9 Å². The summed E-state index contributed by atoms with van der Waals surface area (Å²) in [5, 5.41) is 0. The summed E-state index contributed by atoms with van der Waals surface area (Å²) in [5.41, 5.74) is 16.7. The molecule has 0 unspecified atom stereocenters. The smallest absolute Gasteiger partial charge is 0.255 e. The normalized spacial score (nSPS) is 18.6. The zero-order valence-electron chi connectivity index (χ0n) is 17.8. The lowest BCUT2D eigenvalue weighted by molar-refractivity contribution is 0.0715. The van der Waals surface area contributed by atoms with Crippen LogP contribution in [0.15, 0.2) is 48.8 Å². The predicted molar refractivity (Wildman–Crippen MR) is 123 cm³/mol.